The summed E-state index contributed by atoms with van der Waals surface area (Å²) in [6.45, 7) is 6.44. The fourth-order valence-electron chi connectivity index (χ4n) is 1.64. The zero-order chi connectivity index (χ0) is 12.0. The second kappa shape index (κ2) is 6.48. The highest BCUT2D eigenvalue weighted by Gasteiger charge is 2.06. The lowest BCUT2D eigenvalue weighted by atomic mass is 10.1. The lowest BCUT2D eigenvalue weighted by molar-refractivity contribution is 0.557. The molecule has 0 fully saturated rings. The van der Waals surface area contributed by atoms with E-state index < -0.39 is 0 Å². The SMILES string of the molecule is CCC(C)CN(C)c1ccc(CNC)cn1. The monoisotopic (exact) mass is 221 g/mol. The summed E-state index contributed by atoms with van der Waals surface area (Å²) in [5, 5.41) is 3.12. The van der Waals surface area contributed by atoms with Gasteiger partial charge in [-0.3, -0.25) is 0 Å². The van der Waals surface area contributed by atoms with E-state index in [0.717, 1.165) is 18.9 Å². The summed E-state index contributed by atoms with van der Waals surface area (Å²) >= 11 is 0. The van der Waals surface area contributed by atoms with Crippen molar-refractivity contribution < 1.29 is 0 Å². The maximum absolute atomic E-state index is 4.47. The number of rotatable bonds is 6. The number of nitrogens with zero attached hydrogens (tertiary/aromatic N) is 2. The predicted octanol–water partition coefficient (Wildman–Crippen LogP) is 2.28. The minimum atomic E-state index is 0.712. The topological polar surface area (TPSA) is 28.2 Å². The van der Waals surface area contributed by atoms with Gasteiger partial charge in [0.2, 0.25) is 0 Å². The van der Waals surface area contributed by atoms with Crippen molar-refractivity contribution in [1.82, 2.24) is 10.3 Å². The van der Waals surface area contributed by atoms with Gasteiger partial charge in [0.15, 0.2) is 0 Å². The molecule has 0 aliphatic rings. The molecule has 0 spiro atoms. The van der Waals surface area contributed by atoms with Crippen LogP contribution in [0.3, 0.4) is 0 Å². The second-order valence-corrected chi connectivity index (χ2v) is 4.45. The molecule has 90 valence electrons. The Hall–Kier alpha value is -1.09. The van der Waals surface area contributed by atoms with E-state index >= 15 is 0 Å². The van der Waals surface area contributed by atoms with Crippen LogP contribution in [0, 0.1) is 5.92 Å². The Kier molecular flexibility index (Phi) is 5.26. The number of nitrogens with one attached hydrogen (secondary N) is 1. The molecule has 1 aromatic heterocycles. The van der Waals surface area contributed by atoms with Crippen molar-refractivity contribution in [1.29, 1.82) is 0 Å². The molecule has 1 N–H and O–H groups in total. The standard InChI is InChI=1S/C13H23N3/c1-5-11(2)10-16(4)13-7-6-12(8-14-3)9-15-13/h6-7,9,11,14H,5,8,10H2,1-4H3. The quantitative estimate of drug-likeness (QED) is 0.799. The van der Waals surface area contributed by atoms with Gasteiger partial charge in [-0.05, 0) is 24.6 Å². The number of hydrogen-bond donors (Lipinski definition) is 1. The molecule has 0 amide bonds. The van der Waals surface area contributed by atoms with Crippen molar-refractivity contribution in [3.8, 4) is 0 Å². The van der Waals surface area contributed by atoms with Gasteiger partial charge in [0.25, 0.3) is 0 Å². The summed E-state index contributed by atoms with van der Waals surface area (Å²) in [7, 11) is 4.05. The van der Waals surface area contributed by atoms with Gasteiger partial charge in [0, 0.05) is 26.3 Å². The van der Waals surface area contributed by atoms with Gasteiger partial charge in [0.05, 0.1) is 0 Å². The van der Waals surface area contributed by atoms with E-state index in [4.69, 9.17) is 0 Å². The van der Waals surface area contributed by atoms with Crippen LogP contribution in [0.4, 0.5) is 5.82 Å². The van der Waals surface area contributed by atoms with Crippen LogP contribution in [-0.2, 0) is 6.54 Å². The highest BCUT2D eigenvalue weighted by molar-refractivity contribution is 5.38. The average molecular weight is 221 g/mol. The summed E-state index contributed by atoms with van der Waals surface area (Å²) in [4.78, 5) is 6.69. The Labute approximate surface area is 98.9 Å². The molecule has 16 heavy (non-hydrogen) atoms. The molecular formula is C13H23N3. The van der Waals surface area contributed by atoms with Crippen LogP contribution in [0.15, 0.2) is 18.3 Å². The third-order valence-electron chi connectivity index (χ3n) is 2.86. The number of pyridine rings is 1. The molecule has 1 aromatic rings. The van der Waals surface area contributed by atoms with Crippen LogP contribution in [0.1, 0.15) is 25.8 Å². The summed E-state index contributed by atoms with van der Waals surface area (Å²) in [5.41, 5.74) is 1.23. The molecule has 3 heteroatoms. The van der Waals surface area contributed by atoms with Gasteiger partial charge in [-0.25, -0.2) is 4.98 Å². The summed E-state index contributed by atoms with van der Waals surface area (Å²) in [6, 6.07) is 4.22. The normalized spacial score (nSPS) is 12.5. The molecule has 0 aliphatic heterocycles. The zero-order valence-electron chi connectivity index (χ0n) is 10.8. The largest absolute Gasteiger partial charge is 0.359 e. The van der Waals surface area contributed by atoms with Crippen LogP contribution >= 0.6 is 0 Å². The number of aromatic nitrogens is 1. The van der Waals surface area contributed by atoms with E-state index in [1.807, 2.05) is 13.2 Å². The number of anilines is 1. The Balaban J connectivity index is 2.59. The lowest BCUT2D eigenvalue weighted by Crippen LogP contribution is -2.24. The molecule has 1 heterocycles. The Morgan fingerprint density at radius 2 is 2.19 bits per heavy atom. The van der Waals surface area contributed by atoms with E-state index in [1.54, 1.807) is 0 Å². The van der Waals surface area contributed by atoms with Crippen LogP contribution in [0.5, 0.6) is 0 Å². The van der Waals surface area contributed by atoms with Crippen molar-refractivity contribution in [2.45, 2.75) is 26.8 Å². The van der Waals surface area contributed by atoms with Crippen LogP contribution in [0.2, 0.25) is 0 Å². The maximum Gasteiger partial charge on any atom is 0.128 e. The van der Waals surface area contributed by atoms with Crippen molar-refractivity contribution in [3.63, 3.8) is 0 Å². The first-order chi connectivity index (χ1) is 7.67. The van der Waals surface area contributed by atoms with Gasteiger partial charge in [-0.2, -0.15) is 0 Å². The molecule has 0 aromatic carbocycles. The summed E-state index contributed by atoms with van der Waals surface area (Å²) in [6.07, 6.45) is 3.15. The van der Waals surface area contributed by atoms with Gasteiger partial charge in [0.1, 0.15) is 5.82 Å². The molecular weight excluding hydrogens is 198 g/mol. The average Bonchev–Trinajstić information content (AvgIpc) is 2.30. The molecule has 0 bridgehead atoms. The van der Waals surface area contributed by atoms with Crippen LogP contribution < -0.4 is 10.2 Å². The minimum Gasteiger partial charge on any atom is -0.359 e. The molecule has 3 nitrogen and oxygen atoms in total. The third-order valence-corrected chi connectivity index (χ3v) is 2.86. The Bertz CT molecular complexity index is 295. The lowest BCUT2D eigenvalue weighted by Gasteiger charge is -2.21. The fourth-order valence-corrected chi connectivity index (χ4v) is 1.64. The molecule has 0 aliphatic carbocycles. The van der Waals surface area contributed by atoms with Gasteiger partial charge in [-0.15, -0.1) is 0 Å². The zero-order valence-corrected chi connectivity index (χ0v) is 10.8. The number of hydrogen-bond acceptors (Lipinski definition) is 3. The van der Waals surface area contributed by atoms with Crippen molar-refractivity contribution >= 4 is 5.82 Å². The molecule has 0 radical (unpaired) electrons. The first kappa shape index (κ1) is 13.0. The summed E-state index contributed by atoms with van der Waals surface area (Å²) < 4.78 is 0. The second-order valence-electron chi connectivity index (χ2n) is 4.45. The Morgan fingerprint density at radius 3 is 2.69 bits per heavy atom. The van der Waals surface area contributed by atoms with Gasteiger partial charge < -0.3 is 10.2 Å². The fraction of sp³-hybridized carbons (Fsp3) is 0.615. The van der Waals surface area contributed by atoms with Crippen LogP contribution in [-0.4, -0.2) is 25.6 Å². The molecule has 1 rings (SSSR count). The van der Waals surface area contributed by atoms with Crippen molar-refractivity contribution in [3.05, 3.63) is 23.9 Å². The van der Waals surface area contributed by atoms with E-state index in [2.05, 4.69) is 48.2 Å². The third kappa shape index (κ3) is 3.81. The van der Waals surface area contributed by atoms with E-state index in [9.17, 15) is 0 Å². The first-order valence-corrected chi connectivity index (χ1v) is 5.98. The smallest absolute Gasteiger partial charge is 0.128 e. The van der Waals surface area contributed by atoms with Gasteiger partial charge >= 0.3 is 0 Å². The predicted molar refractivity (Wildman–Crippen MR) is 69.7 cm³/mol. The van der Waals surface area contributed by atoms with Crippen molar-refractivity contribution in [2.75, 3.05) is 25.5 Å². The highest BCUT2D eigenvalue weighted by atomic mass is 15.2. The molecule has 0 saturated heterocycles. The molecule has 0 saturated carbocycles. The highest BCUT2D eigenvalue weighted by Crippen LogP contribution is 2.12. The first-order valence-electron chi connectivity index (χ1n) is 5.98. The molecule has 1 atom stereocenters. The van der Waals surface area contributed by atoms with Gasteiger partial charge in [-0.1, -0.05) is 26.3 Å². The van der Waals surface area contributed by atoms with Crippen molar-refractivity contribution in [2.24, 2.45) is 5.92 Å². The van der Waals surface area contributed by atoms with Crippen LogP contribution in [0.25, 0.3) is 0 Å². The van der Waals surface area contributed by atoms with E-state index in [-0.39, 0.29) is 0 Å². The minimum absolute atomic E-state index is 0.712. The summed E-state index contributed by atoms with van der Waals surface area (Å²) in [5.74, 6) is 1.77. The van der Waals surface area contributed by atoms with E-state index in [0.29, 0.717) is 5.92 Å². The maximum atomic E-state index is 4.47. The van der Waals surface area contributed by atoms with E-state index in [1.165, 1.54) is 12.0 Å². The Morgan fingerprint density at radius 1 is 1.44 bits per heavy atom. The molecule has 1 unspecified atom stereocenters.